The molecule has 4 nitrogen and oxygen atoms in total. The van der Waals surface area contributed by atoms with E-state index in [1.54, 1.807) is 6.26 Å². The number of hydrogen-bond donors (Lipinski definition) is 1. The van der Waals surface area contributed by atoms with E-state index in [9.17, 15) is 0 Å². The van der Waals surface area contributed by atoms with Crippen LogP contribution in [-0.4, -0.2) is 44.3 Å². The summed E-state index contributed by atoms with van der Waals surface area (Å²) in [5.74, 6) is 1.80. The van der Waals surface area contributed by atoms with Gasteiger partial charge in [0.05, 0.1) is 12.3 Å². The van der Waals surface area contributed by atoms with Crippen molar-refractivity contribution in [2.45, 2.75) is 18.9 Å². The minimum Gasteiger partial charge on any atom is -0.468 e. The Bertz CT molecular complexity index is 332. The van der Waals surface area contributed by atoms with Crippen molar-refractivity contribution in [3.8, 4) is 0 Å². The lowest BCUT2D eigenvalue weighted by Gasteiger charge is -2.39. The Morgan fingerprint density at radius 3 is 2.45 bits per heavy atom. The van der Waals surface area contributed by atoms with Crippen molar-refractivity contribution in [1.29, 1.82) is 0 Å². The van der Waals surface area contributed by atoms with Crippen molar-refractivity contribution in [2.24, 2.45) is 5.92 Å². The molecule has 20 heavy (non-hydrogen) atoms. The van der Waals surface area contributed by atoms with Gasteiger partial charge >= 0.3 is 0 Å². The second-order valence-corrected chi connectivity index (χ2v) is 5.20. The first-order valence-corrected chi connectivity index (χ1v) is 7.01. The Balaban J connectivity index is 0.000001000. The van der Waals surface area contributed by atoms with Crippen LogP contribution in [0.2, 0.25) is 0 Å². The standard InChI is InChI=1S/C14H22N2O2.2ClH/c1-2-13(18-9-1)14(12-3-10-17-11-4-12)16-7-5-15-6-8-16;;/h1-2,9,12,14-15H,3-8,10-11H2;2*1H/t14-;;/m1../s1. The van der Waals surface area contributed by atoms with E-state index in [1.165, 1.54) is 0 Å². The van der Waals surface area contributed by atoms with Gasteiger partial charge in [0.25, 0.3) is 0 Å². The van der Waals surface area contributed by atoms with Crippen LogP contribution in [-0.2, 0) is 4.74 Å². The van der Waals surface area contributed by atoms with Gasteiger partial charge in [-0.3, -0.25) is 4.90 Å². The molecule has 2 aliphatic heterocycles. The second-order valence-electron chi connectivity index (χ2n) is 5.20. The molecule has 0 aromatic carbocycles. The van der Waals surface area contributed by atoms with Crippen LogP contribution in [0.25, 0.3) is 0 Å². The van der Waals surface area contributed by atoms with Crippen LogP contribution in [0.15, 0.2) is 22.8 Å². The lowest BCUT2D eigenvalue weighted by molar-refractivity contribution is 0.0148. The van der Waals surface area contributed by atoms with Crippen LogP contribution < -0.4 is 5.32 Å². The minimum atomic E-state index is 0. The van der Waals surface area contributed by atoms with Gasteiger partial charge in [0.1, 0.15) is 5.76 Å². The molecule has 0 spiro atoms. The molecule has 1 aromatic rings. The first kappa shape index (κ1) is 17.8. The van der Waals surface area contributed by atoms with E-state index in [-0.39, 0.29) is 24.8 Å². The molecule has 0 aliphatic carbocycles. The van der Waals surface area contributed by atoms with Crippen molar-refractivity contribution in [1.82, 2.24) is 10.2 Å². The molecule has 2 aliphatic rings. The van der Waals surface area contributed by atoms with Gasteiger partial charge in [0, 0.05) is 39.4 Å². The van der Waals surface area contributed by atoms with Gasteiger partial charge in [-0.1, -0.05) is 0 Å². The van der Waals surface area contributed by atoms with Crippen molar-refractivity contribution in [2.75, 3.05) is 39.4 Å². The zero-order valence-corrected chi connectivity index (χ0v) is 13.3. The summed E-state index contributed by atoms with van der Waals surface area (Å²) in [4.78, 5) is 2.57. The van der Waals surface area contributed by atoms with Crippen LogP contribution in [0, 0.1) is 5.92 Å². The van der Waals surface area contributed by atoms with Crippen LogP contribution in [0.1, 0.15) is 24.6 Å². The van der Waals surface area contributed by atoms with Crippen molar-refractivity contribution in [3.63, 3.8) is 0 Å². The quantitative estimate of drug-likeness (QED) is 0.927. The third kappa shape index (κ3) is 4.12. The average molecular weight is 323 g/mol. The van der Waals surface area contributed by atoms with Gasteiger partial charge in [-0.2, -0.15) is 0 Å². The summed E-state index contributed by atoms with van der Waals surface area (Å²) in [6.45, 7) is 6.19. The molecule has 1 aromatic heterocycles. The maximum absolute atomic E-state index is 5.70. The molecular weight excluding hydrogens is 299 g/mol. The molecule has 3 rings (SSSR count). The van der Waals surface area contributed by atoms with Crippen LogP contribution in [0.5, 0.6) is 0 Å². The first-order valence-electron chi connectivity index (χ1n) is 7.01. The lowest BCUT2D eigenvalue weighted by Crippen LogP contribution is -2.47. The summed E-state index contributed by atoms with van der Waals surface area (Å²) in [7, 11) is 0. The number of furan rings is 1. The van der Waals surface area contributed by atoms with E-state index in [2.05, 4.69) is 16.3 Å². The predicted molar refractivity (Wildman–Crippen MR) is 83.9 cm³/mol. The number of ether oxygens (including phenoxy) is 1. The van der Waals surface area contributed by atoms with Crippen molar-refractivity contribution < 1.29 is 9.15 Å². The highest BCUT2D eigenvalue weighted by atomic mass is 35.5. The number of rotatable bonds is 3. The van der Waals surface area contributed by atoms with Crippen molar-refractivity contribution in [3.05, 3.63) is 24.2 Å². The molecule has 0 radical (unpaired) electrons. The molecule has 1 atom stereocenters. The van der Waals surface area contributed by atoms with Gasteiger partial charge in [-0.05, 0) is 30.9 Å². The minimum absolute atomic E-state index is 0. The second kappa shape index (κ2) is 8.90. The number of hydrogen-bond acceptors (Lipinski definition) is 4. The maximum atomic E-state index is 5.70. The lowest BCUT2D eigenvalue weighted by atomic mass is 9.88. The van der Waals surface area contributed by atoms with E-state index in [1.807, 2.05) is 6.07 Å². The SMILES string of the molecule is Cl.Cl.c1coc([C@@H](C2CCOCC2)N2CCNCC2)c1. The Labute approximate surface area is 133 Å². The van der Waals surface area contributed by atoms with Crippen LogP contribution in [0.4, 0.5) is 0 Å². The normalized spacial score (nSPS) is 22.6. The number of halogens is 2. The maximum Gasteiger partial charge on any atom is 0.121 e. The number of nitrogens with zero attached hydrogens (tertiary/aromatic N) is 1. The van der Waals surface area contributed by atoms with E-state index in [0.29, 0.717) is 12.0 Å². The molecule has 2 saturated heterocycles. The summed E-state index contributed by atoms with van der Waals surface area (Å²) in [5, 5.41) is 3.42. The Morgan fingerprint density at radius 1 is 1.15 bits per heavy atom. The van der Waals surface area contributed by atoms with Gasteiger partial charge < -0.3 is 14.5 Å². The topological polar surface area (TPSA) is 37.6 Å². The summed E-state index contributed by atoms with van der Waals surface area (Å²) >= 11 is 0. The Kier molecular flexibility index (Phi) is 7.92. The van der Waals surface area contributed by atoms with Gasteiger partial charge in [0.2, 0.25) is 0 Å². The molecule has 3 heterocycles. The fraction of sp³-hybridized carbons (Fsp3) is 0.714. The van der Waals surface area contributed by atoms with Crippen LogP contribution in [0.3, 0.4) is 0 Å². The molecule has 6 heteroatoms. The van der Waals surface area contributed by atoms with Gasteiger partial charge in [0.15, 0.2) is 0 Å². The smallest absolute Gasteiger partial charge is 0.121 e. The third-order valence-corrected chi connectivity index (χ3v) is 4.09. The third-order valence-electron chi connectivity index (χ3n) is 4.09. The van der Waals surface area contributed by atoms with Crippen molar-refractivity contribution >= 4 is 24.8 Å². The Morgan fingerprint density at radius 2 is 1.85 bits per heavy atom. The van der Waals surface area contributed by atoms with E-state index in [0.717, 1.165) is 58.0 Å². The molecule has 0 bridgehead atoms. The predicted octanol–water partition coefficient (Wildman–Crippen LogP) is 2.50. The monoisotopic (exact) mass is 322 g/mol. The molecule has 116 valence electrons. The fourth-order valence-electron chi connectivity index (χ4n) is 3.16. The number of piperazine rings is 1. The fourth-order valence-corrected chi connectivity index (χ4v) is 3.16. The van der Waals surface area contributed by atoms with E-state index >= 15 is 0 Å². The summed E-state index contributed by atoms with van der Waals surface area (Å²) in [5.41, 5.74) is 0. The summed E-state index contributed by atoms with van der Waals surface area (Å²) < 4.78 is 11.2. The average Bonchev–Trinajstić information content (AvgIpc) is 2.95. The zero-order chi connectivity index (χ0) is 12.2. The highest BCUT2D eigenvalue weighted by Crippen LogP contribution is 2.35. The Hall–Kier alpha value is -0.260. The van der Waals surface area contributed by atoms with Crippen LogP contribution >= 0.6 is 24.8 Å². The summed E-state index contributed by atoms with van der Waals surface area (Å²) in [6, 6.07) is 4.57. The summed E-state index contributed by atoms with van der Waals surface area (Å²) in [6.07, 6.45) is 4.09. The molecular formula is C14H24Cl2N2O2. The van der Waals surface area contributed by atoms with Gasteiger partial charge in [-0.15, -0.1) is 24.8 Å². The first-order chi connectivity index (χ1) is 8.95. The molecule has 0 saturated carbocycles. The highest BCUT2D eigenvalue weighted by molar-refractivity contribution is 5.85. The van der Waals surface area contributed by atoms with E-state index < -0.39 is 0 Å². The zero-order valence-electron chi connectivity index (χ0n) is 11.6. The molecule has 2 fully saturated rings. The van der Waals surface area contributed by atoms with Gasteiger partial charge in [-0.25, -0.2) is 0 Å². The highest BCUT2D eigenvalue weighted by Gasteiger charge is 2.32. The number of nitrogens with one attached hydrogen (secondary N) is 1. The molecule has 0 amide bonds. The largest absolute Gasteiger partial charge is 0.468 e. The molecule has 1 N–H and O–H groups in total. The molecule has 0 unspecified atom stereocenters. The van der Waals surface area contributed by atoms with E-state index in [4.69, 9.17) is 9.15 Å².